The van der Waals surface area contributed by atoms with Crippen molar-refractivity contribution in [1.82, 2.24) is 5.01 Å². The number of hydrogen-bond donors (Lipinski definition) is 0. The Labute approximate surface area is 81.6 Å². The summed E-state index contributed by atoms with van der Waals surface area (Å²) in [7, 11) is 3.35. The smallest absolute Gasteiger partial charge is 0.155 e. The molecule has 0 aromatic heterocycles. The van der Waals surface area contributed by atoms with Gasteiger partial charge >= 0.3 is 0 Å². The average Bonchev–Trinajstić information content (AvgIpc) is 2.03. The maximum atomic E-state index is 11.3. The maximum absolute atomic E-state index is 11.3. The third-order valence-corrected chi connectivity index (χ3v) is 1.52. The van der Waals surface area contributed by atoms with Crippen LogP contribution in [0.25, 0.3) is 0 Å². The number of benzene rings is 1. The normalized spacial score (nSPS) is 11.5. The molecule has 13 heavy (non-hydrogen) atoms. The molecule has 0 N–H and O–H groups in total. The van der Waals surface area contributed by atoms with Crippen LogP contribution in [0.3, 0.4) is 0 Å². The van der Waals surface area contributed by atoms with Gasteiger partial charge in [0.25, 0.3) is 0 Å². The maximum Gasteiger partial charge on any atom is 0.155 e. The van der Waals surface area contributed by atoms with E-state index in [4.69, 9.17) is 11.6 Å². The molecule has 4 nitrogen and oxygen atoms in total. The Morgan fingerprint density at radius 2 is 2.15 bits per heavy atom. The zero-order valence-corrected chi connectivity index (χ0v) is 8.19. The lowest BCUT2D eigenvalue weighted by Crippen LogP contribution is -2.06. The van der Waals surface area contributed by atoms with Crippen molar-refractivity contribution >= 4 is 17.3 Å². The molecule has 0 spiro atoms. The molecule has 0 fully saturated rings. The average molecular weight is 200 g/mol. The summed E-state index contributed by atoms with van der Waals surface area (Å²) in [5.41, 5.74) is 0.418. The molecule has 0 atom stereocenters. The van der Waals surface area contributed by atoms with Crippen molar-refractivity contribution in [1.29, 1.82) is 0 Å². The first-order valence-corrected chi connectivity index (χ1v) is 4.09. The lowest BCUT2D eigenvalue weighted by Gasteiger charge is -2.06. The summed E-state index contributed by atoms with van der Waals surface area (Å²) in [6.07, 6.45) is 0. The van der Waals surface area contributed by atoms with Gasteiger partial charge in [-0.05, 0) is 12.1 Å². The highest BCUT2D eigenvalue weighted by Gasteiger charge is 1.99. The fourth-order valence-corrected chi connectivity index (χ4v) is 0.994. The molecule has 1 rings (SSSR count). The van der Waals surface area contributed by atoms with Crippen LogP contribution in [0.1, 0.15) is 0 Å². The van der Waals surface area contributed by atoms with E-state index in [1.54, 1.807) is 38.4 Å². The van der Waals surface area contributed by atoms with Crippen molar-refractivity contribution in [2.45, 2.75) is 0 Å². The van der Waals surface area contributed by atoms with Crippen LogP contribution in [0, 0.1) is 5.21 Å². The minimum absolute atomic E-state index is 0.418. The van der Waals surface area contributed by atoms with Gasteiger partial charge in [-0.25, -0.2) is 0 Å². The summed E-state index contributed by atoms with van der Waals surface area (Å²) < 4.78 is 0. The molecule has 0 aliphatic rings. The van der Waals surface area contributed by atoms with Crippen molar-refractivity contribution < 1.29 is 4.86 Å². The van der Waals surface area contributed by atoms with Gasteiger partial charge < -0.3 is 5.21 Å². The van der Waals surface area contributed by atoms with Crippen LogP contribution in [-0.2, 0) is 0 Å². The molecule has 1 aromatic carbocycles. The number of halogens is 1. The molecular weight excluding hydrogens is 190 g/mol. The summed E-state index contributed by atoms with van der Waals surface area (Å²) >= 11 is 5.70. The summed E-state index contributed by atoms with van der Waals surface area (Å²) in [4.78, 5) is 0.520. The molecule has 0 unspecified atom stereocenters. The summed E-state index contributed by atoms with van der Waals surface area (Å²) in [5, 5.41) is 16.8. The van der Waals surface area contributed by atoms with Gasteiger partial charge in [-0.15, -0.1) is 4.86 Å². The van der Waals surface area contributed by atoms with E-state index in [0.717, 1.165) is 0 Å². The molecule has 0 aliphatic carbocycles. The highest BCUT2D eigenvalue weighted by molar-refractivity contribution is 6.30. The molecule has 70 valence electrons. The summed E-state index contributed by atoms with van der Waals surface area (Å²) in [6, 6.07) is 6.61. The van der Waals surface area contributed by atoms with E-state index < -0.39 is 0 Å². The van der Waals surface area contributed by atoms with E-state index in [1.807, 2.05) is 0 Å². The molecule has 0 saturated heterocycles. The fraction of sp³-hybridized carbons (Fsp3) is 0.250. The predicted molar refractivity (Wildman–Crippen MR) is 50.9 cm³/mol. The predicted octanol–water partition coefficient (Wildman–Crippen LogP) is 2.41. The summed E-state index contributed by atoms with van der Waals surface area (Å²) in [5.74, 6) is 0. The lowest BCUT2D eigenvalue weighted by atomic mass is 10.3. The van der Waals surface area contributed by atoms with Gasteiger partial charge in [0.1, 0.15) is 0 Å². The zero-order chi connectivity index (χ0) is 9.84. The summed E-state index contributed by atoms with van der Waals surface area (Å²) in [6.45, 7) is 0. The lowest BCUT2D eigenvalue weighted by molar-refractivity contribution is -0.459. The Kier molecular flexibility index (Phi) is 3.08. The minimum atomic E-state index is 0.418. The molecule has 0 radical (unpaired) electrons. The fourth-order valence-electron chi connectivity index (χ4n) is 0.809. The SMILES string of the molecule is CN(C)/N=[N+](\[O-])c1cccc(Cl)c1. The van der Waals surface area contributed by atoms with Crippen LogP contribution in [0.2, 0.25) is 5.02 Å². The first-order valence-electron chi connectivity index (χ1n) is 3.71. The van der Waals surface area contributed by atoms with Crippen LogP contribution < -0.4 is 0 Å². The van der Waals surface area contributed by atoms with E-state index in [9.17, 15) is 5.21 Å². The quantitative estimate of drug-likeness (QED) is 0.417. The molecule has 0 saturated carbocycles. The standard InChI is InChI=1S/C8H10ClN3O/c1-11(2)10-12(13)8-5-3-4-7(9)6-8/h3-6H,1-2H3/b12-10-. The molecule has 0 amide bonds. The first-order chi connectivity index (χ1) is 6.09. The Morgan fingerprint density at radius 1 is 1.46 bits per heavy atom. The van der Waals surface area contributed by atoms with Gasteiger partial charge in [0.15, 0.2) is 5.69 Å². The second kappa shape index (κ2) is 4.09. The minimum Gasteiger partial charge on any atom is -0.691 e. The first kappa shape index (κ1) is 9.80. The number of hydrogen-bond acceptors (Lipinski definition) is 2. The monoisotopic (exact) mass is 199 g/mol. The molecule has 0 bridgehead atoms. The Hall–Kier alpha value is -1.29. The molecule has 1 aromatic rings. The highest BCUT2D eigenvalue weighted by atomic mass is 35.5. The second-order valence-corrected chi connectivity index (χ2v) is 3.13. The third-order valence-electron chi connectivity index (χ3n) is 1.29. The van der Waals surface area contributed by atoms with Gasteiger partial charge in [0.05, 0.1) is 19.3 Å². The van der Waals surface area contributed by atoms with Crippen molar-refractivity contribution in [3.63, 3.8) is 0 Å². The number of rotatable bonds is 2. The van der Waals surface area contributed by atoms with Crippen LogP contribution >= 0.6 is 11.6 Å². The zero-order valence-electron chi connectivity index (χ0n) is 7.44. The van der Waals surface area contributed by atoms with E-state index in [1.165, 1.54) is 5.01 Å². The van der Waals surface area contributed by atoms with Gasteiger partial charge in [-0.2, -0.15) is 5.01 Å². The van der Waals surface area contributed by atoms with Crippen LogP contribution in [-0.4, -0.2) is 24.0 Å². The van der Waals surface area contributed by atoms with Crippen molar-refractivity contribution in [2.75, 3.05) is 14.1 Å². The van der Waals surface area contributed by atoms with Gasteiger partial charge in [-0.3, -0.25) is 0 Å². The Balaban J connectivity index is 2.95. The highest BCUT2D eigenvalue weighted by Crippen LogP contribution is 2.17. The van der Waals surface area contributed by atoms with Crippen molar-refractivity contribution in [3.8, 4) is 0 Å². The van der Waals surface area contributed by atoms with Gasteiger partial charge in [0.2, 0.25) is 0 Å². The molecular formula is C8H10ClN3O. The van der Waals surface area contributed by atoms with Crippen molar-refractivity contribution in [2.24, 2.45) is 5.22 Å². The van der Waals surface area contributed by atoms with Crippen LogP contribution in [0.5, 0.6) is 0 Å². The van der Waals surface area contributed by atoms with E-state index in [-0.39, 0.29) is 0 Å². The molecule has 0 aliphatic heterocycles. The third kappa shape index (κ3) is 2.91. The van der Waals surface area contributed by atoms with Gasteiger partial charge in [0, 0.05) is 11.1 Å². The molecule has 0 heterocycles. The molecule has 5 heteroatoms. The van der Waals surface area contributed by atoms with Crippen LogP contribution in [0.4, 0.5) is 5.69 Å². The largest absolute Gasteiger partial charge is 0.691 e. The topological polar surface area (TPSA) is 41.7 Å². The second-order valence-electron chi connectivity index (χ2n) is 2.69. The van der Waals surface area contributed by atoms with Gasteiger partial charge in [-0.1, -0.05) is 17.7 Å². The van der Waals surface area contributed by atoms with Crippen molar-refractivity contribution in [3.05, 3.63) is 34.5 Å². The van der Waals surface area contributed by atoms with E-state index in [2.05, 4.69) is 5.22 Å². The Morgan fingerprint density at radius 3 is 2.69 bits per heavy atom. The van der Waals surface area contributed by atoms with E-state index in [0.29, 0.717) is 15.6 Å². The van der Waals surface area contributed by atoms with E-state index >= 15 is 0 Å². The number of nitrogens with zero attached hydrogens (tertiary/aromatic N) is 3. The Bertz CT molecular complexity index is 325. The van der Waals surface area contributed by atoms with Crippen LogP contribution in [0.15, 0.2) is 29.5 Å².